The van der Waals surface area contributed by atoms with E-state index in [9.17, 15) is 8.42 Å². The number of sulfone groups is 1. The van der Waals surface area contributed by atoms with Gasteiger partial charge >= 0.3 is 0 Å². The summed E-state index contributed by atoms with van der Waals surface area (Å²) in [7, 11) is 0.0475. The molecule has 0 unspecified atom stereocenters. The van der Waals surface area contributed by atoms with E-state index in [1.165, 1.54) is 24.6 Å². The van der Waals surface area contributed by atoms with E-state index in [-0.39, 0.29) is 23.1 Å². The summed E-state index contributed by atoms with van der Waals surface area (Å²) in [6, 6.07) is 9.47. The molecule has 45 heavy (non-hydrogen) atoms. The molecule has 0 atom stereocenters. The lowest BCUT2D eigenvalue weighted by Gasteiger charge is -2.36. The van der Waals surface area contributed by atoms with Crippen LogP contribution in [0, 0.1) is 11.6 Å². The van der Waals surface area contributed by atoms with E-state index in [4.69, 9.17) is 18.9 Å². The van der Waals surface area contributed by atoms with Crippen LogP contribution in [0.1, 0.15) is 19.2 Å². The van der Waals surface area contributed by atoms with E-state index in [1.807, 2.05) is 24.0 Å². The lowest BCUT2D eigenvalue weighted by atomic mass is 10.1. The second-order valence-electron chi connectivity index (χ2n) is 10.8. The quantitative estimate of drug-likeness (QED) is 0.226. The number of ether oxygens (including phenoxy) is 2. The number of hydrogen-bond donors (Lipinski definition) is 1. The molecule has 11 nitrogen and oxygen atoms in total. The molecule has 0 radical (unpaired) electrons. The molecule has 4 aromatic rings. The minimum atomic E-state index is -3.08. The fraction of sp³-hybridized carbons (Fsp3) is 0.387. The van der Waals surface area contributed by atoms with Crippen LogP contribution in [0.5, 0.6) is 11.5 Å². The summed E-state index contributed by atoms with van der Waals surface area (Å²) in [5.41, 5.74) is 1.68. The summed E-state index contributed by atoms with van der Waals surface area (Å²) in [5, 5.41) is 2.90. The smallest absolute Gasteiger partial charge is 0.227 e. The number of methoxy groups -OCH3 is 2. The van der Waals surface area contributed by atoms with Gasteiger partial charge in [-0.15, -0.1) is 0 Å². The van der Waals surface area contributed by atoms with Crippen molar-refractivity contribution < 1.29 is 31.1 Å². The van der Waals surface area contributed by atoms with Crippen LogP contribution in [0.25, 0.3) is 22.7 Å². The Morgan fingerprint density at radius 1 is 0.978 bits per heavy atom. The second-order valence-corrected chi connectivity index (χ2v) is 13.0. The SMILES string of the molecule is CCCc1nc(-c2cc(OC)cc(OC)c2)c(-c2ccnc(Nc3cc(F)c(N4CCN(CCS(C)(=O)=O)CC4)c(F)c3)n2)o1. The zero-order valence-corrected chi connectivity index (χ0v) is 26.5. The van der Waals surface area contributed by atoms with Crippen molar-refractivity contribution in [3.63, 3.8) is 0 Å². The van der Waals surface area contributed by atoms with Gasteiger partial charge in [-0.1, -0.05) is 6.92 Å². The van der Waals surface area contributed by atoms with Gasteiger partial charge in [0, 0.05) is 68.9 Å². The third-order valence-corrected chi connectivity index (χ3v) is 8.31. The molecule has 5 rings (SSSR count). The zero-order valence-electron chi connectivity index (χ0n) is 25.6. The molecule has 1 N–H and O–H groups in total. The minimum absolute atomic E-state index is 0.0484. The third-order valence-electron chi connectivity index (χ3n) is 7.39. The summed E-state index contributed by atoms with van der Waals surface area (Å²) in [4.78, 5) is 17.2. The Kier molecular flexibility index (Phi) is 9.83. The van der Waals surface area contributed by atoms with E-state index in [0.29, 0.717) is 79.2 Å². The predicted octanol–water partition coefficient (Wildman–Crippen LogP) is 4.96. The molecule has 1 saturated heterocycles. The molecule has 0 saturated carbocycles. The first-order chi connectivity index (χ1) is 21.6. The maximum absolute atomic E-state index is 15.3. The number of hydrogen-bond acceptors (Lipinski definition) is 11. The van der Waals surface area contributed by atoms with Crippen molar-refractivity contribution in [1.82, 2.24) is 19.9 Å². The maximum atomic E-state index is 15.3. The summed E-state index contributed by atoms with van der Waals surface area (Å²) in [6.45, 7) is 4.16. The summed E-state index contributed by atoms with van der Waals surface area (Å²) >= 11 is 0. The molecule has 14 heteroatoms. The van der Waals surface area contributed by atoms with Crippen molar-refractivity contribution >= 4 is 27.2 Å². The van der Waals surface area contributed by atoms with Crippen molar-refractivity contribution in [2.24, 2.45) is 0 Å². The van der Waals surface area contributed by atoms with Crippen LogP contribution in [0.15, 0.2) is 47.0 Å². The fourth-order valence-corrected chi connectivity index (χ4v) is 5.69. The highest BCUT2D eigenvalue weighted by molar-refractivity contribution is 7.90. The van der Waals surface area contributed by atoms with Crippen molar-refractivity contribution in [3.05, 3.63) is 60.1 Å². The van der Waals surface area contributed by atoms with Crippen LogP contribution in [-0.4, -0.2) is 87.2 Å². The van der Waals surface area contributed by atoms with Gasteiger partial charge in [-0.25, -0.2) is 32.2 Å². The summed E-state index contributed by atoms with van der Waals surface area (Å²) in [5.74, 6) is 0.812. The minimum Gasteiger partial charge on any atom is -0.497 e. The number of nitrogens with zero attached hydrogens (tertiary/aromatic N) is 5. The molecule has 0 aliphatic carbocycles. The van der Waals surface area contributed by atoms with Gasteiger partial charge in [0.2, 0.25) is 5.95 Å². The van der Waals surface area contributed by atoms with Crippen molar-refractivity contribution in [3.8, 4) is 34.2 Å². The van der Waals surface area contributed by atoms with Crippen molar-refractivity contribution in [1.29, 1.82) is 0 Å². The number of nitrogens with one attached hydrogen (secondary N) is 1. The van der Waals surface area contributed by atoms with Gasteiger partial charge in [-0.3, -0.25) is 4.90 Å². The van der Waals surface area contributed by atoms with Crippen LogP contribution in [-0.2, 0) is 16.3 Å². The molecule has 0 spiro atoms. The van der Waals surface area contributed by atoms with E-state index in [2.05, 4.69) is 15.3 Å². The summed E-state index contributed by atoms with van der Waals surface area (Å²) < 4.78 is 70.5. The van der Waals surface area contributed by atoms with Gasteiger partial charge in [0.25, 0.3) is 0 Å². The van der Waals surface area contributed by atoms with Crippen molar-refractivity contribution in [2.75, 3.05) is 69.2 Å². The van der Waals surface area contributed by atoms with E-state index in [0.717, 1.165) is 6.42 Å². The normalized spacial score (nSPS) is 14.0. The number of rotatable bonds is 12. The Balaban J connectivity index is 1.37. The lowest BCUT2D eigenvalue weighted by molar-refractivity contribution is 0.270. The number of anilines is 3. The highest BCUT2D eigenvalue weighted by Gasteiger charge is 2.24. The highest BCUT2D eigenvalue weighted by Crippen LogP contribution is 2.37. The number of aromatic nitrogens is 3. The Labute approximate surface area is 261 Å². The van der Waals surface area contributed by atoms with Gasteiger partial charge in [0.1, 0.15) is 38.4 Å². The van der Waals surface area contributed by atoms with Gasteiger partial charge in [0.15, 0.2) is 23.3 Å². The monoisotopic (exact) mass is 642 g/mol. The van der Waals surface area contributed by atoms with Crippen LogP contribution in [0.2, 0.25) is 0 Å². The Hall–Kier alpha value is -4.30. The Bertz CT molecular complexity index is 1710. The second kappa shape index (κ2) is 13.8. The van der Waals surface area contributed by atoms with Gasteiger partial charge in [0.05, 0.1) is 20.0 Å². The van der Waals surface area contributed by atoms with E-state index >= 15 is 8.78 Å². The molecular formula is C31H36F2N6O5S. The zero-order chi connectivity index (χ0) is 32.1. The number of oxazole rings is 1. The first-order valence-electron chi connectivity index (χ1n) is 14.5. The van der Waals surface area contributed by atoms with Crippen LogP contribution < -0.4 is 19.7 Å². The molecule has 3 heterocycles. The standard InChI is InChI=1S/C31H36F2N6O5S/c1-5-6-27-37-28(20-15-22(42-2)19-23(16-20)43-3)30(44-27)26-7-8-34-31(36-26)35-21-17-24(32)29(25(33)18-21)39-11-9-38(10-12-39)13-14-45(4,40)41/h7-8,15-19H,5-6,9-14H2,1-4H3,(H,34,35,36). The van der Waals surface area contributed by atoms with Gasteiger partial charge in [-0.05, 0) is 36.8 Å². The van der Waals surface area contributed by atoms with Crippen LogP contribution >= 0.6 is 0 Å². The summed E-state index contributed by atoms with van der Waals surface area (Å²) in [6.07, 6.45) is 4.15. The fourth-order valence-electron chi connectivity index (χ4n) is 5.10. The van der Waals surface area contributed by atoms with Crippen molar-refractivity contribution in [2.45, 2.75) is 19.8 Å². The largest absolute Gasteiger partial charge is 0.497 e. The first kappa shape index (κ1) is 32.1. The maximum Gasteiger partial charge on any atom is 0.227 e. The third kappa shape index (κ3) is 7.87. The van der Waals surface area contributed by atoms with E-state index in [1.54, 1.807) is 31.3 Å². The molecule has 1 fully saturated rings. The number of halogens is 2. The molecular weight excluding hydrogens is 606 g/mol. The predicted molar refractivity (Wildman–Crippen MR) is 168 cm³/mol. The first-order valence-corrected chi connectivity index (χ1v) is 16.6. The molecule has 0 bridgehead atoms. The lowest BCUT2D eigenvalue weighted by Crippen LogP contribution is -2.48. The Morgan fingerprint density at radius 2 is 1.64 bits per heavy atom. The van der Waals surface area contributed by atoms with Crippen LogP contribution in [0.4, 0.5) is 26.1 Å². The average Bonchev–Trinajstić information content (AvgIpc) is 3.44. The van der Waals surface area contributed by atoms with Gasteiger partial charge < -0.3 is 24.1 Å². The molecule has 1 aliphatic heterocycles. The molecule has 2 aromatic carbocycles. The molecule has 2 aromatic heterocycles. The van der Waals surface area contributed by atoms with E-state index < -0.39 is 21.5 Å². The molecule has 1 aliphatic rings. The number of benzene rings is 2. The molecule has 0 amide bonds. The number of piperazine rings is 1. The van der Waals surface area contributed by atoms with Crippen LogP contribution in [0.3, 0.4) is 0 Å². The highest BCUT2D eigenvalue weighted by atomic mass is 32.2. The molecule has 240 valence electrons. The Morgan fingerprint density at radius 3 is 2.24 bits per heavy atom. The average molecular weight is 643 g/mol. The number of aryl methyl sites for hydroxylation is 1. The topological polar surface area (TPSA) is 123 Å². The van der Waals surface area contributed by atoms with Gasteiger partial charge in [-0.2, -0.15) is 0 Å².